The molecule has 144 valence electrons. The van der Waals surface area contributed by atoms with Gasteiger partial charge in [-0.05, 0) is 57.7 Å². The SMILES string of the molecule is CSc1cccc(N2CCN(CCCCN3C(=O)CSC3(C)C)CC2)c1. The van der Waals surface area contributed by atoms with E-state index in [2.05, 4.69) is 59.1 Å². The molecule has 0 bridgehead atoms. The first-order valence-corrected chi connectivity index (χ1v) is 11.8. The molecule has 2 fully saturated rings. The second-order valence-corrected chi connectivity index (χ2v) is 9.97. The van der Waals surface area contributed by atoms with Crippen molar-refractivity contribution in [3.8, 4) is 0 Å². The minimum atomic E-state index is -0.0198. The van der Waals surface area contributed by atoms with E-state index in [4.69, 9.17) is 0 Å². The van der Waals surface area contributed by atoms with Crippen LogP contribution in [0.3, 0.4) is 0 Å². The third kappa shape index (κ3) is 4.90. The lowest BCUT2D eigenvalue weighted by atomic mass is 10.2. The van der Waals surface area contributed by atoms with Crippen molar-refractivity contribution in [2.75, 3.05) is 56.2 Å². The largest absolute Gasteiger partial charge is 0.369 e. The smallest absolute Gasteiger partial charge is 0.233 e. The fourth-order valence-corrected chi connectivity index (χ4v) is 5.17. The van der Waals surface area contributed by atoms with Crippen molar-refractivity contribution >= 4 is 35.1 Å². The molecule has 1 aromatic carbocycles. The molecule has 0 radical (unpaired) electrons. The number of benzene rings is 1. The predicted octanol–water partition coefficient (Wildman–Crippen LogP) is 3.62. The summed E-state index contributed by atoms with van der Waals surface area (Å²) in [6.07, 6.45) is 4.41. The molecule has 2 aliphatic heterocycles. The lowest BCUT2D eigenvalue weighted by Crippen LogP contribution is -2.46. The molecular weight excluding hydrogens is 362 g/mol. The van der Waals surface area contributed by atoms with Gasteiger partial charge in [0.2, 0.25) is 5.91 Å². The number of hydrogen-bond donors (Lipinski definition) is 0. The maximum Gasteiger partial charge on any atom is 0.233 e. The van der Waals surface area contributed by atoms with E-state index < -0.39 is 0 Å². The van der Waals surface area contributed by atoms with E-state index in [-0.39, 0.29) is 4.87 Å². The summed E-state index contributed by atoms with van der Waals surface area (Å²) >= 11 is 3.57. The van der Waals surface area contributed by atoms with Crippen molar-refractivity contribution in [1.29, 1.82) is 0 Å². The van der Waals surface area contributed by atoms with Crippen LogP contribution in [0, 0.1) is 0 Å². The third-order valence-electron chi connectivity index (χ3n) is 5.40. The number of piperazine rings is 1. The quantitative estimate of drug-likeness (QED) is 0.521. The Hall–Kier alpha value is -0.850. The van der Waals surface area contributed by atoms with E-state index in [9.17, 15) is 4.79 Å². The fraction of sp³-hybridized carbons (Fsp3) is 0.650. The van der Waals surface area contributed by atoms with Gasteiger partial charge in [0.15, 0.2) is 0 Å². The van der Waals surface area contributed by atoms with Crippen molar-refractivity contribution in [2.45, 2.75) is 36.5 Å². The van der Waals surface area contributed by atoms with E-state index in [1.807, 2.05) is 0 Å². The average molecular weight is 394 g/mol. The van der Waals surface area contributed by atoms with Crippen LogP contribution in [0.4, 0.5) is 5.69 Å². The Morgan fingerprint density at radius 2 is 1.85 bits per heavy atom. The highest BCUT2D eigenvalue weighted by Crippen LogP contribution is 2.35. The van der Waals surface area contributed by atoms with Crippen LogP contribution in [0.1, 0.15) is 26.7 Å². The molecule has 0 atom stereocenters. The molecule has 4 nitrogen and oxygen atoms in total. The second-order valence-electron chi connectivity index (χ2n) is 7.52. The number of amides is 1. The van der Waals surface area contributed by atoms with Crippen LogP contribution in [0.15, 0.2) is 29.2 Å². The van der Waals surface area contributed by atoms with Gasteiger partial charge in [-0.25, -0.2) is 0 Å². The number of thioether (sulfide) groups is 2. The molecule has 3 rings (SSSR count). The summed E-state index contributed by atoms with van der Waals surface area (Å²) in [5.41, 5.74) is 1.35. The molecule has 0 spiro atoms. The molecule has 6 heteroatoms. The van der Waals surface area contributed by atoms with Gasteiger partial charge in [0.1, 0.15) is 0 Å². The highest BCUT2D eigenvalue weighted by molar-refractivity contribution is 8.01. The van der Waals surface area contributed by atoms with E-state index in [0.29, 0.717) is 11.7 Å². The van der Waals surface area contributed by atoms with E-state index in [1.54, 1.807) is 23.5 Å². The summed E-state index contributed by atoms with van der Waals surface area (Å²) in [5.74, 6) is 0.952. The first-order chi connectivity index (χ1) is 12.5. The normalized spacial score (nSPS) is 20.8. The number of nitrogens with zero attached hydrogens (tertiary/aromatic N) is 3. The van der Waals surface area contributed by atoms with Gasteiger partial charge in [-0.3, -0.25) is 9.69 Å². The molecule has 2 aliphatic rings. The number of carbonyl (C=O) groups excluding carboxylic acids is 1. The molecule has 2 heterocycles. The number of hydrogen-bond acceptors (Lipinski definition) is 5. The highest BCUT2D eigenvalue weighted by atomic mass is 32.2. The van der Waals surface area contributed by atoms with Crippen LogP contribution < -0.4 is 4.90 Å². The Labute approximate surface area is 166 Å². The number of rotatable bonds is 7. The molecular formula is C20H31N3OS2. The zero-order chi connectivity index (χ0) is 18.6. The Bertz CT molecular complexity index is 615. The van der Waals surface area contributed by atoms with Gasteiger partial charge in [-0.15, -0.1) is 23.5 Å². The first kappa shape index (κ1) is 19.9. The van der Waals surface area contributed by atoms with Gasteiger partial charge >= 0.3 is 0 Å². The molecule has 0 aliphatic carbocycles. The minimum absolute atomic E-state index is 0.0198. The molecule has 0 saturated carbocycles. The van der Waals surface area contributed by atoms with Crippen LogP contribution in [0.25, 0.3) is 0 Å². The zero-order valence-electron chi connectivity index (χ0n) is 16.2. The van der Waals surface area contributed by atoms with Crippen LogP contribution in [0.2, 0.25) is 0 Å². The number of carbonyl (C=O) groups is 1. The molecule has 1 aromatic rings. The fourth-order valence-electron chi connectivity index (χ4n) is 3.73. The summed E-state index contributed by atoms with van der Waals surface area (Å²) in [5, 5.41) is 0. The van der Waals surface area contributed by atoms with Crippen LogP contribution in [0.5, 0.6) is 0 Å². The minimum Gasteiger partial charge on any atom is -0.369 e. The van der Waals surface area contributed by atoms with Crippen molar-refractivity contribution in [1.82, 2.24) is 9.80 Å². The van der Waals surface area contributed by atoms with E-state index >= 15 is 0 Å². The highest BCUT2D eigenvalue weighted by Gasteiger charge is 2.37. The summed E-state index contributed by atoms with van der Waals surface area (Å²) in [7, 11) is 0. The number of unbranched alkanes of at least 4 members (excludes halogenated alkanes) is 1. The van der Waals surface area contributed by atoms with Crippen LogP contribution in [-0.2, 0) is 4.79 Å². The summed E-state index contributed by atoms with van der Waals surface area (Å²) < 4.78 is 0. The molecule has 26 heavy (non-hydrogen) atoms. The van der Waals surface area contributed by atoms with Crippen molar-refractivity contribution < 1.29 is 4.79 Å². The summed E-state index contributed by atoms with van der Waals surface area (Å²) in [6, 6.07) is 8.86. The average Bonchev–Trinajstić information content (AvgIpc) is 2.92. The van der Waals surface area contributed by atoms with Crippen molar-refractivity contribution in [3.05, 3.63) is 24.3 Å². The zero-order valence-corrected chi connectivity index (χ0v) is 17.9. The second kappa shape index (κ2) is 8.89. The maximum atomic E-state index is 12.0. The third-order valence-corrected chi connectivity index (χ3v) is 7.44. The van der Waals surface area contributed by atoms with Gasteiger partial charge in [0, 0.05) is 43.3 Å². The monoisotopic (exact) mass is 393 g/mol. The Morgan fingerprint density at radius 3 is 2.50 bits per heavy atom. The standard InChI is InChI=1S/C20H31N3OS2/c1-20(2)23(19(24)16-26-20)10-5-4-9-21-11-13-22(14-12-21)17-7-6-8-18(15-17)25-3/h6-8,15H,4-5,9-14,16H2,1-3H3. The lowest BCUT2D eigenvalue weighted by molar-refractivity contribution is -0.129. The summed E-state index contributed by atoms with van der Waals surface area (Å²) in [4.78, 5) is 20.4. The first-order valence-electron chi connectivity index (χ1n) is 9.55. The predicted molar refractivity (Wildman–Crippen MR) is 114 cm³/mol. The van der Waals surface area contributed by atoms with Crippen LogP contribution >= 0.6 is 23.5 Å². The lowest BCUT2D eigenvalue weighted by Gasteiger charge is -2.36. The van der Waals surface area contributed by atoms with Gasteiger partial charge in [0.05, 0.1) is 10.6 Å². The van der Waals surface area contributed by atoms with Gasteiger partial charge in [-0.1, -0.05) is 6.07 Å². The number of anilines is 1. The van der Waals surface area contributed by atoms with E-state index in [0.717, 1.165) is 45.7 Å². The van der Waals surface area contributed by atoms with Gasteiger partial charge in [0.25, 0.3) is 0 Å². The molecule has 0 aromatic heterocycles. The Morgan fingerprint density at radius 1 is 1.12 bits per heavy atom. The molecule has 1 amide bonds. The summed E-state index contributed by atoms with van der Waals surface area (Å²) in [6.45, 7) is 10.8. The van der Waals surface area contributed by atoms with Gasteiger partial charge < -0.3 is 9.80 Å². The topological polar surface area (TPSA) is 26.8 Å². The van der Waals surface area contributed by atoms with E-state index in [1.165, 1.54) is 17.0 Å². The van der Waals surface area contributed by atoms with Gasteiger partial charge in [-0.2, -0.15) is 0 Å². The molecule has 2 saturated heterocycles. The maximum absolute atomic E-state index is 12.0. The van der Waals surface area contributed by atoms with Crippen molar-refractivity contribution in [2.24, 2.45) is 0 Å². The molecule has 0 unspecified atom stereocenters. The Balaban J connectivity index is 1.37. The Kier molecular flexibility index (Phi) is 6.81. The molecule has 0 N–H and O–H groups in total. The van der Waals surface area contributed by atoms with Crippen molar-refractivity contribution in [3.63, 3.8) is 0 Å². The van der Waals surface area contributed by atoms with Crippen LogP contribution in [-0.4, -0.2) is 71.9 Å².